The van der Waals surface area contributed by atoms with Crippen molar-refractivity contribution in [1.82, 2.24) is 0 Å². The number of aliphatic hydroxyl groups is 1. The number of anilines is 1. The predicted molar refractivity (Wildman–Crippen MR) is 95.1 cm³/mol. The van der Waals surface area contributed by atoms with Crippen molar-refractivity contribution in [2.75, 3.05) is 25.1 Å². The van der Waals surface area contributed by atoms with E-state index in [4.69, 9.17) is 4.74 Å². The highest BCUT2D eigenvalue weighted by molar-refractivity contribution is 5.66. The molecule has 9 nitrogen and oxygen atoms in total. The summed E-state index contributed by atoms with van der Waals surface area (Å²) in [4.78, 5) is 22.1. The van der Waals surface area contributed by atoms with Gasteiger partial charge in [0.25, 0.3) is 11.4 Å². The van der Waals surface area contributed by atoms with Crippen molar-refractivity contribution in [3.8, 4) is 0 Å². The van der Waals surface area contributed by atoms with Gasteiger partial charge in [-0.25, -0.2) is 0 Å². The Bertz CT molecular complexity index is 768. The van der Waals surface area contributed by atoms with E-state index >= 15 is 0 Å². The van der Waals surface area contributed by atoms with Crippen LogP contribution in [0.1, 0.15) is 5.56 Å². The van der Waals surface area contributed by atoms with Gasteiger partial charge in [0.15, 0.2) is 0 Å². The van der Waals surface area contributed by atoms with Gasteiger partial charge in [-0.2, -0.15) is 0 Å². The smallest absolute Gasteiger partial charge is 0.299 e. The Labute approximate surface area is 149 Å². The molecular formula is C17H19N3O6. The van der Waals surface area contributed by atoms with Gasteiger partial charge in [0.2, 0.25) is 0 Å². The topological polar surface area (TPSA) is 119 Å². The molecule has 0 saturated heterocycles. The van der Waals surface area contributed by atoms with E-state index in [0.29, 0.717) is 6.61 Å². The summed E-state index contributed by atoms with van der Waals surface area (Å²) in [5.41, 5.74) is 0.404. The fourth-order valence-corrected chi connectivity index (χ4v) is 2.45. The summed E-state index contributed by atoms with van der Waals surface area (Å²) < 4.78 is 5.45. The number of aliphatic hydroxyl groups excluding tert-OH is 1. The molecule has 0 radical (unpaired) electrons. The second-order valence-corrected chi connectivity index (χ2v) is 5.72. The van der Waals surface area contributed by atoms with Crippen LogP contribution in [0.5, 0.6) is 0 Å². The maximum Gasteiger partial charge on any atom is 0.299 e. The Morgan fingerprint density at radius 2 is 1.81 bits per heavy atom. The van der Waals surface area contributed by atoms with Gasteiger partial charge in [0.1, 0.15) is 5.69 Å². The maximum atomic E-state index is 11.2. The fourth-order valence-electron chi connectivity index (χ4n) is 2.45. The van der Waals surface area contributed by atoms with Gasteiger partial charge in [-0.1, -0.05) is 30.3 Å². The minimum Gasteiger partial charge on any atom is -0.389 e. The molecule has 2 aromatic carbocycles. The van der Waals surface area contributed by atoms with Gasteiger partial charge in [-0.15, -0.1) is 0 Å². The second kappa shape index (κ2) is 8.88. The molecule has 0 spiro atoms. The zero-order valence-electron chi connectivity index (χ0n) is 14.1. The van der Waals surface area contributed by atoms with Gasteiger partial charge < -0.3 is 14.7 Å². The zero-order valence-corrected chi connectivity index (χ0v) is 14.1. The summed E-state index contributed by atoms with van der Waals surface area (Å²) >= 11 is 0. The van der Waals surface area contributed by atoms with E-state index < -0.39 is 16.0 Å². The van der Waals surface area contributed by atoms with Crippen LogP contribution in [-0.4, -0.2) is 41.3 Å². The van der Waals surface area contributed by atoms with Crippen LogP contribution in [0.15, 0.2) is 48.5 Å². The van der Waals surface area contributed by atoms with Crippen molar-refractivity contribution in [2.45, 2.75) is 12.7 Å². The standard InChI is InChI=1S/C17H19N3O6/c1-18(10-15(21)12-26-11-13-5-3-2-4-6-13)16-8-7-14(19(22)23)9-17(16)20(24)25/h2-9,15,21H,10-12H2,1H3. The number of benzene rings is 2. The number of nitro benzene ring substituents is 2. The van der Waals surface area contributed by atoms with Crippen LogP contribution in [0.4, 0.5) is 17.1 Å². The molecule has 0 saturated carbocycles. The molecule has 0 heterocycles. The largest absolute Gasteiger partial charge is 0.389 e. The molecule has 2 rings (SSSR count). The van der Waals surface area contributed by atoms with Crippen LogP contribution in [-0.2, 0) is 11.3 Å². The molecule has 2 aromatic rings. The van der Waals surface area contributed by atoms with E-state index in [1.807, 2.05) is 30.3 Å². The predicted octanol–water partition coefficient (Wildman–Crippen LogP) is 2.52. The molecule has 1 unspecified atom stereocenters. The van der Waals surface area contributed by atoms with E-state index in [1.165, 1.54) is 17.0 Å². The third-order valence-electron chi connectivity index (χ3n) is 3.68. The highest BCUT2D eigenvalue weighted by Gasteiger charge is 2.23. The van der Waals surface area contributed by atoms with Crippen LogP contribution in [0.2, 0.25) is 0 Å². The second-order valence-electron chi connectivity index (χ2n) is 5.72. The molecule has 0 aromatic heterocycles. The molecule has 9 heteroatoms. The molecule has 0 amide bonds. The number of nitrogens with zero attached hydrogens (tertiary/aromatic N) is 3. The lowest BCUT2D eigenvalue weighted by Gasteiger charge is -2.22. The quantitative estimate of drug-likeness (QED) is 0.538. The lowest BCUT2D eigenvalue weighted by Crippen LogP contribution is -2.32. The molecule has 26 heavy (non-hydrogen) atoms. The number of likely N-dealkylation sites (N-methyl/N-ethyl adjacent to an activating group) is 1. The van der Waals surface area contributed by atoms with Crippen LogP contribution < -0.4 is 4.90 Å². The van der Waals surface area contributed by atoms with Gasteiger partial charge >= 0.3 is 0 Å². The first-order valence-corrected chi connectivity index (χ1v) is 7.82. The average Bonchev–Trinajstić information content (AvgIpc) is 2.61. The first-order chi connectivity index (χ1) is 12.4. The summed E-state index contributed by atoms with van der Waals surface area (Å²) in [6.07, 6.45) is -0.876. The number of ether oxygens (including phenoxy) is 1. The molecule has 0 bridgehead atoms. The minimum absolute atomic E-state index is 0.0556. The molecule has 0 aliphatic heterocycles. The summed E-state index contributed by atoms with van der Waals surface area (Å²) in [5, 5.41) is 32.1. The monoisotopic (exact) mass is 361 g/mol. The Morgan fingerprint density at radius 1 is 1.12 bits per heavy atom. The first-order valence-electron chi connectivity index (χ1n) is 7.82. The molecule has 0 aliphatic rings. The van der Waals surface area contributed by atoms with Crippen LogP contribution >= 0.6 is 0 Å². The Balaban J connectivity index is 1.96. The third kappa shape index (κ3) is 5.23. The van der Waals surface area contributed by atoms with Gasteiger partial charge in [0.05, 0.1) is 35.2 Å². The van der Waals surface area contributed by atoms with Crippen LogP contribution in [0, 0.1) is 20.2 Å². The molecule has 0 fully saturated rings. The summed E-state index contributed by atoms with van der Waals surface area (Å²) in [6, 6.07) is 12.9. The van der Waals surface area contributed by atoms with E-state index in [0.717, 1.165) is 11.6 Å². The van der Waals surface area contributed by atoms with E-state index in [-0.39, 0.29) is 30.2 Å². The zero-order chi connectivity index (χ0) is 19.1. The fraction of sp³-hybridized carbons (Fsp3) is 0.294. The Hall–Kier alpha value is -3.04. The molecule has 1 N–H and O–H groups in total. The lowest BCUT2D eigenvalue weighted by molar-refractivity contribution is -0.393. The number of hydrogen-bond donors (Lipinski definition) is 1. The highest BCUT2D eigenvalue weighted by Crippen LogP contribution is 2.31. The molecule has 1 atom stereocenters. The SMILES string of the molecule is CN(CC(O)COCc1ccccc1)c1ccc([N+](=O)[O-])cc1[N+](=O)[O-]. The van der Waals surface area contributed by atoms with Crippen molar-refractivity contribution >= 4 is 17.1 Å². The van der Waals surface area contributed by atoms with E-state index in [1.54, 1.807) is 7.05 Å². The van der Waals surface area contributed by atoms with Gasteiger partial charge in [-0.05, 0) is 11.6 Å². The van der Waals surface area contributed by atoms with Crippen molar-refractivity contribution in [2.24, 2.45) is 0 Å². The van der Waals surface area contributed by atoms with Gasteiger partial charge in [-0.3, -0.25) is 20.2 Å². The number of nitro groups is 2. The Morgan fingerprint density at radius 3 is 2.42 bits per heavy atom. The van der Waals surface area contributed by atoms with E-state index in [2.05, 4.69) is 0 Å². The number of non-ortho nitro benzene ring substituents is 1. The van der Waals surface area contributed by atoms with Gasteiger partial charge in [0, 0.05) is 19.7 Å². The molecular weight excluding hydrogens is 342 g/mol. The number of rotatable bonds is 9. The minimum atomic E-state index is -0.876. The van der Waals surface area contributed by atoms with Crippen molar-refractivity contribution in [3.63, 3.8) is 0 Å². The third-order valence-corrected chi connectivity index (χ3v) is 3.68. The van der Waals surface area contributed by atoms with Crippen LogP contribution in [0.25, 0.3) is 0 Å². The van der Waals surface area contributed by atoms with Crippen molar-refractivity contribution in [1.29, 1.82) is 0 Å². The van der Waals surface area contributed by atoms with E-state index in [9.17, 15) is 25.3 Å². The molecule has 0 aliphatic carbocycles. The Kier molecular flexibility index (Phi) is 6.59. The average molecular weight is 361 g/mol. The maximum absolute atomic E-state index is 11.2. The first kappa shape index (κ1) is 19.3. The normalized spacial score (nSPS) is 11.8. The summed E-state index contributed by atoms with van der Waals surface area (Å²) in [6.45, 7) is 0.479. The van der Waals surface area contributed by atoms with Crippen molar-refractivity contribution < 1.29 is 19.7 Å². The van der Waals surface area contributed by atoms with Crippen LogP contribution in [0.3, 0.4) is 0 Å². The lowest BCUT2D eigenvalue weighted by atomic mass is 10.2. The summed E-state index contributed by atoms with van der Waals surface area (Å²) in [5.74, 6) is 0. The van der Waals surface area contributed by atoms with Crippen molar-refractivity contribution in [3.05, 3.63) is 74.3 Å². The highest BCUT2D eigenvalue weighted by atomic mass is 16.6. The molecule has 138 valence electrons. The summed E-state index contributed by atoms with van der Waals surface area (Å²) in [7, 11) is 1.56. The number of hydrogen-bond acceptors (Lipinski definition) is 7.